The number of carbonyl (C=O) groups is 3. The third kappa shape index (κ3) is 3.45. The number of hydrogen-bond acceptors (Lipinski definition) is 4. The van der Waals surface area contributed by atoms with E-state index in [0.717, 1.165) is 18.4 Å². The molecular weight excluding hydrogens is 318 g/mol. The van der Waals surface area contributed by atoms with Gasteiger partial charge in [-0.15, -0.1) is 0 Å². The van der Waals surface area contributed by atoms with Crippen LogP contribution >= 0.6 is 0 Å². The predicted octanol–water partition coefficient (Wildman–Crippen LogP) is 3.44. The fraction of sp³-hybridized carbons (Fsp3) is 0.250. The van der Waals surface area contributed by atoms with Crippen LogP contribution < -0.4 is 0 Å². The summed E-state index contributed by atoms with van der Waals surface area (Å²) in [6.07, 6.45) is 1.65. The first-order valence-corrected chi connectivity index (χ1v) is 8.33. The molecule has 5 nitrogen and oxygen atoms in total. The fourth-order valence-electron chi connectivity index (χ4n) is 2.74. The van der Waals surface area contributed by atoms with Gasteiger partial charge in [0.05, 0.1) is 16.7 Å². The topological polar surface area (TPSA) is 63.7 Å². The number of imide groups is 1. The normalized spacial score (nSPS) is 13.1. The van der Waals surface area contributed by atoms with Gasteiger partial charge in [-0.25, -0.2) is 4.79 Å². The van der Waals surface area contributed by atoms with Crippen molar-refractivity contribution in [3.63, 3.8) is 0 Å². The molecule has 0 atom stereocenters. The van der Waals surface area contributed by atoms with Gasteiger partial charge in [-0.3, -0.25) is 14.5 Å². The van der Waals surface area contributed by atoms with Gasteiger partial charge in [0.1, 0.15) is 6.61 Å². The van der Waals surface area contributed by atoms with Gasteiger partial charge in [-0.2, -0.15) is 0 Å². The summed E-state index contributed by atoms with van der Waals surface area (Å²) >= 11 is 0. The number of fused-ring (bicyclic) bond motifs is 1. The van der Waals surface area contributed by atoms with E-state index < -0.39 is 5.97 Å². The third-order valence-corrected chi connectivity index (χ3v) is 4.15. The van der Waals surface area contributed by atoms with Crippen LogP contribution in [0.1, 0.15) is 56.4 Å². The molecule has 0 saturated heterocycles. The molecule has 1 aliphatic rings. The lowest BCUT2D eigenvalue weighted by Crippen LogP contribution is -2.30. The molecule has 2 aromatic rings. The Labute approximate surface area is 146 Å². The van der Waals surface area contributed by atoms with E-state index in [1.807, 2.05) is 37.3 Å². The van der Waals surface area contributed by atoms with Crippen molar-refractivity contribution in [2.75, 3.05) is 6.54 Å². The maximum absolute atomic E-state index is 12.4. The highest BCUT2D eigenvalue weighted by atomic mass is 16.5. The number of amides is 2. The largest absolute Gasteiger partial charge is 0.457 e. The van der Waals surface area contributed by atoms with Gasteiger partial charge in [0, 0.05) is 6.54 Å². The summed E-state index contributed by atoms with van der Waals surface area (Å²) in [7, 11) is 0. The Hall–Kier alpha value is -2.95. The summed E-state index contributed by atoms with van der Waals surface area (Å²) in [5, 5.41) is 0. The lowest BCUT2D eigenvalue weighted by molar-refractivity contribution is 0.0472. The van der Waals surface area contributed by atoms with Crippen LogP contribution in [0.2, 0.25) is 0 Å². The van der Waals surface area contributed by atoms with E-state index in [2.05, 4.69) is 0 Å². The molecule has 2 aromatic carbocycles. The first-order chi connectivity index (χ1) is 12.1. The zero-order chi connectivity index (χ0) is 17.8. The molecular formula is C20H19NO4. The molecule has 0 unspecified atom stereocenters. The van der Waals surface area contributed by atoms with E-state index >= 15 is 0 Å². The highest BCUT2D eigenvalue weighted by Crippen LogP contribution is 2.24. The Morgan fingerprint density at radius 1 is 1.00 bits per heavy atom. The lowest BCUT2D eigenvalue weighted by Gasteiger charge is -2.12. The van der Waals surface area contributed by atoms with Crippen molar-refractivity contribution in [2.45, 2.75) is 26.4 Å². The van der Waals surface area contributed by atoms with Crippen molar-refractivity contribution < 1.29 is 19.1 Å². The molecule has 0 aliphatic carbocycles. The molecule has 5 heteroatoms. The van der Waals surface area contributed by atoms with Crippen molar-refractivity contribution in [3.05, 3.63) is 70.8 Å². The minimum atomic E-state index is -0.515. The maximum atomic E-state index is 12.4. The Morgan fingerprint density at radius 2 is 1.72 bits per heavy atom. The highest BCUT2D eigenvalue weighted by Gasteiger charge is 2.35. The van der Waals surface area contributed by atoms with E-state index in [0.29, 0.717) is 12.1 Å². The SMILES string of the molecule is CCCCN1C(=O)c2ccc(C(=O)OCc3ccccc3)cc2C1=O. The average molecular weight is 337 g/mol. The van der Waals surface area contributed by atoms with Crippen LogP contribution in [-0.2, 0) is 11.3 Å². The van der Waals surface area contributed by atoms with Crippen LogP contribution in [-0.4, -0.2) is 29.2 Å². The van der Waals surface area contributed by atoms with Crippen molar-refractivity contribution in [1.29, 1.82) is 0 Å². The van der Waals surface area contributed by atoms with Crippen LogP contribution in [0.5, 0.6) is 0 Å². The van der Waals surface area contributed by atoms with Crippen LogP contribution in [0.25, 0.3) is 0 Å². The molecule has 2 amide bonds. The van der Waals surface area contributed by atoms with Gasteiger partial charge in [0.15, 0.2) is 0 Å². The lowest BCUT2D eigenvalue weighted by atomic mass is 10.1. The number of hydrogen-bond donors (Lipinski definition) is 0. The molecule has 0 radical (unpaired) electrons. The van der Waals surface area contributed by atoms with Crippen molar-refractivity contribution in [1.82, 2.24) is 4.90 Å². The van der Waals surface area contributed by atoms with Gasteiger partial charge < -0.3 is 4.74 Å². The molecule has 0 spiro atoms. The molecule has 25 heavy (non-hydrogen) atoms. The number of carbonyl (C=O) groups excluding carboxylic acids is 3. The summed E-state index contributed by atoms with van der Waals surface area (Å²) in [6.45, 7) is 2.56. The van der Waals surface area contributed by atoms with Crippen LogP contribution in [0.4, 0.5) is 0 Å². The number of benzene rings is 2. The molecule has 0 saturated carbocycles. The first-order valence-electron chi connectivity index (χ1n) is 8.33. The van der Waals surface area contributed by atoms with E-state index in [1.54, 1.807) is 0 Å². The van der Waals surface area contributed by atoms with Crippen LogP contribution in [0.15, 0.2) is 48.5 Å². The molecule has 1 aliphatic heterocycles. The average Bonchev–Trinajstić information content (AvgIpc) is 2.89. The zero-order valence-electron chi connectivity index (χ0n) is 14.0. The Kier molecular flexibility index (Phi) is 4.93. The third-order valence-electron chi connectivity index (χ3n) is 4.15. The van der Waals surface area contributed by atoms with Gasteiger partial charge in [-0.05, 0) is 30.2 Å². The summed E-state index contributed by atoms with van der Waals surface area (Å²) in [5.41, 5.74) is 1.78. The molecule has 128 valence electrons. The van der Waals surface area contributed by atoms with E-state index in [9.17, 15) is 14.4 Å². The van der Waals surface area contributed by atoms with E-state index in [-0.39, 0.29) is 29.5 Å². The Morgan fingerprint density at radius 3 is 2.44 bits per heavy atom. The standard InChI is InChI=1S/C20H19NO4/c1-2-3-11-21-18(22)16-10-9-15(12-17(16)19(21)23)20(24)25-13-14-7-5-4-6-8-14/h4-10,12H,2-3,11,13H2,1H3. The molecule has 1 heterocycles. The minimum Gasteiger partial charge on any atom is -0.457 e. The van der Waals surface area contributed by atoms with Crippen molar-refractivity contribution in [2.24, 2.45) is 0 Å². The molecule has 0 fully saturated rings. The van der Waals surface area contributed by atoms with Gasteiger partial charge in [-0.1, -0.05) is 43.7 Å². The van der Waals surface area contributed by atoms with E-state index in [4.69, 9.17) is 4.74 Å². The number of esters is 1. The quantitative estimate of drug-likeness (QED) is 0.598. The molecule has 0 aromatic heterocycles. The first kappa shape index (κ1) is 16.9. The van der Waals surface area contributed by atoms with Gasteiger partial charge in [0.2, 0.25) is 0 Å². The maximum Gasteiger partial charge on any atom is 0.338 e. The molecule has 0 N–H and O–H groups in total. The van der Waals surface area contributed by atoms with E-state index in [1.165, 1.54) is 23.1 Å². The van der Waals surface area contributed by atoms with Crippen LogP contribution in [0.3, 0.4) is 0 Å². The predicted molar refractivity (Wildman–Crippen MR) is 92.3 cm³/mol. The smallest absolute Gasteiger partial charge is 0.338 e. The Balaban J connectivity index is 1.74. The fourth-order valence-corrected chi connectivity index (χ4v) is 2.74. The number of nitrogens with zero attached hydrogens (tertiary/aromatic N) is 1. The number of rotatable bonds is 6. The van der Waals surface area contributed by atoms with Crippen molar-refractivity contribution >= 4 is 17.8 Å². The van der Waals surface area contributed by atoms with Gasteiger partial charge in [0.25, 0.3) is 11.8 Å². The summed E-state index contributed by atoms with van der Waals surface area (Å²) in [6, 6.07) is 13.9. The van der Waals surface area contributed by atoms with Crippen LogP contribution in [0, 0.1) is 0 Å². The summed E-state index contributed by atoms with van der Waals surface area (Å²) in [5.74, 6) is -1.15. The summed E-state index contributed by atoms with van der Waals surface area (Å²) < 4.78 is 5.28. The highest BCUT2D eigenvalue weighted by molar-refractivity contribution is 6.21. The number of unbranched alkanes of at least 4 members (excludes halogenated alkanes) is 1. The van der Waals surface area contributed by atoms with Crippen molar-refractivity contribution in [3.8, 4) is 0 Å². The molecule has 3 rings (SSSR count). The monoisotopic (exact) mass is 337 g/mol. The second-order valence-corrected chi connectivity index (χ2v) is 5.94. The van der Waals surface area contributed by atoms with Gasteiger partial charge >= 0.3 is 5.97 Å². The minimum absolute atomic E-state index is 0.159. The summed E-state index contributed by atoms with van der Waals surface area (Å²) in [4.78, 5) is 38.2. The second-order valence-electron chi connectivity index (χ2n) is 5.94. The molecule has 0 bridgehead atoms. The zero-order valence-corrected chi connectivity index (χ0v) is 14.0. The second kappa shape index (κ2) is 7.30. The Bertz CT molecular complexity index is 814. The number of ether oxygens (including phenoxy) is 1.